The number of amides is 1. The first kappa shape index (κ1) is 19.9. The third kappa shape index (κ3) is 5.82. The van der Waals surface area contributed by atoms with Gasteiger partial charge in [-0.1, -0.05) is 0 Å². The number of hydrogen-bond donors (Lipinski definition) is 1. The van der Waals surface area contributed by atoms with Gasteiger partial charge in [0.15, 0.2) is 0 Å². The molecular formula is C20H30N2O5. The molecule has 1 aromatic carbocycles. The van der Waals surface area contributed by atoms with E-state index in [1.165, 1.54) is 0 Å². The van der Waals surface area contributed by atoms with Gasteiger partial charge < -0.3 is 24.2 Å². The Morgan fingerprint density at radius 3 is 2.44 bits per heavy atom. The third-order valence-electron chi connectivity index (χ3n) is 4.94. The van der Waals surface area contributed by atoms with E-state index in [-0.39, 0.29) is 18.6 Å². The molecule has 2 fully saturated rings. The molecule has 0 bridgehead atoms. The summed E-state index contributed by atoms with van der Waals surface area (Å²) >= 11 is 0. The normalized spacial score (nSPS) is 21.9. The van der Waals surface area contributed by atoms with Gasteiger partial charge >= 0.3 is 0 Å². The van der Waals surface area contributed by atoms with E-state index in [4.69, 9.17) is 14.2 Å². The SMILES string of the molecule is CCOc1ccc(OCC(O)CN2CCN(C(=O)C3CCCO3)CC2)cc1. The van der Waals surface area contributed by atoms with Crippen LogP contribution >= 0.6 is 0 Å². The molecule has 2 unspecified atom stereocenters. The molecule has 0 aromatic heterocycles. The van der Waals surface area contributed by atoms with E-state index in [2.05, 4.69) is 4.90 Å². The highest BCUT2D eigenvalue weighted by molar-refractivity contribution is 5.81. The molecule has 1 aromatic rings. The zero-order valence-electron chi connectivity index (χ0n) is 16.0. The first-order valence-electron chi connectivity index (χ1n) is 9.82. The second-order valence-electron chi connectivity index (χ2n) is 7.00. The maximum atomic E-state index is 12.4. The van der Waals surface area contributed by atoms with E-state index < -0.39 is 6.10 Å². The summed E-state index contributed by atoms with van der Waals surface area (Å²) in [6.07, 6.45) is 0.985. The quantitative estimate of drug-likeness (QED) is 0.732. The van der Waals surface area contributed by atoms with E-state index in [9.17, 15) is 9.90 Å². The zero-order chi connectivity index (χ0) is 19.1. The van der Waals surface area contributed by atoms with E-state index in [0.29, 0.717) is 38.6 Å². The van der Waals surface area contributed by atoms with Crippen LogP contribution in [0.4, 0.5) is 0 Å². The van der Waals surface area contributed by atoms with Crippen LogP contribution in [0.15, 0.2) is 24.3 Å². The fourth-order valence-corrected chi connectivity index (χ4v) is 3.47. The number of ether oxygens (including phenoxy) is 3. The van der Waals surface area contributed by atoms with Gasteiger partial charge in [-0.2, -0.15) is 0 Å². The average molecular weight is 378 g/mol. The zero-order valence-corrected chi connectivity index (χ0v) is 16.0. The highest BCUT2D eigenvalue weighted by atomic mass is 16.5. The van der Waals surface area contributed by atoms with Crippen molar-refractivity contribution < 1.29 is 24.1 Å². The molecule has 2 atom stereocenters. The van der Waals surface area contributed by atoms with Crippen LogP contribution in [0.5, 0.6) is 11.5 Å². The molecule has 2 heterocycles. The highest BCUT2D eigenvalue weighted by Crippen LogP contribution is 2.18. The fraction of sp³-hybridized carbons (Fsp3) is 0.650. The highest BCUT2D eigenvalue weighted by Gasteiger charge is 2.30. The third-order valence-corrected chi connectivity index (χ3v) is 4.94. The first-order valence-corrected chi connectivity index (χ1v) is 9.82. The van der Waals surface area contributed by atoms with Gasteiger partial charge in [-0.05, 0) is 44.0 Å². The number of aliphatic hydroxyl groups excluding tert-OH is 1. The summed E-state index contributed by atoms with van der Waals surface area (Å²) in [6.45, 7) is 6.94. The molecular weight excluding hydrogens is 348 g/mol. The van der Waals surface area contributed by atoms with Gasteiger partial charge in [0.05, 0.1) is 6.61 Å². The lowest BCUT2D eigenvalue weighted by molar-refractivity contribution is -0.142. The molecule has 0 aliphatic carbocycles. The Bertz CT molecular complexity index is 581. The van der Waals surface area contributed by atoms with Crippen LogP contribution in [-0.4, -0.2) is 85.6 Å². The predicted molar refractivity (Wildman–Crippen MR) is 101 cm³/mol. The number of aliphatic hydroxyl groups is 1. The van der Waals surface area contributed by atoms with Crippen LogP contribution in [-0.2, 0) is 9.53 Å². The van der Waals surface area contributed by atoms with Crippen molar-refractivity contribution in [2.75, 3.05) is 52.5 Å². The van der Waals surface area contributed by atoms with Crippen LogP contribution in [0.2, 0.25) is 0 Å². The van der Waals surface area contributed by atoms with Crippen LogP contribution < -0.4 is 9.47 Å². The van der Waals surface area contributed by atoms with Crippen molar-refractivity contribution in [3.05, 3.63) is 24.3 Å². The molecule has 2 aliphatic heterocycles. The van der Waals surface area contributed by atoms with Gasteiger partial charge in [0.1, 0.15) is 30.3 Å². The molecule has 2 saturated heterocycles. The van der Waals surface area contributed by atoms with Gasteiger partial charge in [0.25, 0.3) is 5.91 Å². The number of rotatable bonds is 8. The summed E-state index contributed by atoms with van der Waals surface area (Å²) in [4.78, 5) is 16.4. The van der Waals surface area contributed by atoms with Crippen molar-refractivity contribution in [3.63, 3.8) is 0 Å². The molecule has 1 N–H and O–H groups in total. The van der Waals surface area contributed by atoms with Crippen LogP contribution in [0.25, 0.3) is 0 Å². The second-order valence-corrected chi connectivity index (χ2v) is 7.00. The lowest BCUT2D eigenvalue weighted by Gasteiger charge is -2.36. The van der Waals surface area contributed by atoms with Gasteiger partial charge in [0, 0.05) is 39.3 Å². The van der Waals surface area contributed by atoms with Crippen molar-refractivity contribution in [2.24, 2.45) is 0 Å². The number of carbonyl (C=O) groups excluding carboxylic acids is 1. The maximum Gasteiger partial charge on any atom is 0.251 e. The van der Waals surface area contributed by atoms with Crippen molar-refractivity contribution in [2.45, 2.75) is 32.0 Å². The lowest BCUT2D eigenvalue weighted by atomic mass is 10.2. The Morgan fingerprint density at radius 2 is 1.85 bits per heavy atom. The van der Waals surface area contributed by atoms with Gasteiger partial charge in [0.2, 0.25) is 0 Å². The lowest BCUT2D eigenvalue weighted by Crippen LogP contribution is -2.53. The van der Waals surface area contributed by atoms with Crippen molar-refractivity contribution in [1.82, 2.24) is 9.80 Å². The molecule has 27 heavy (non-hydrogen) atoms. The summed E-state index contributed by atoms with van der Waals surface area (Å²) in [5.41, 5.74) is 0. The Balaban J connectivity index is 1.35. The topological polar surface area (TPSA) is 71.5 Å². The first-order chi connectivity index (χ1) is 13.2. The number of β-amino-alcohol motifs (C(OH)–C–C–N with tert-alkyl or cyclic N) is 1. The molecule has 3 rings (SSSR count). The average Bonchev–Trinajstić information content (AvgIpc) is 3.23. The fourth-order valence-electron chi connectivity index (χ4n) is 3.47. The van der Waals surface area contributed by atoms with Crippen LogP contribution in [0, 0.1) is 0 Å². The minimum atomic E-state index is -0.572. The van der Waals surface area contributed by atoms with E-state index in [1.807, 2.05) is 36.1 Å². The molecule has 7 heteroatoms. The predicted octanol–water partition coefficient (Wildman–Crippen LogP) is 1.15. The Morgan fingerprint density at radius 1 is 1.19 bits per heavy atom. The van der Waals surface area contributed by atoms with E-state index in [0.717, 1.165) is 31.7 Å². The summed E-state index contributed by atoms with van der Waals surface area (Å²) in [5, 5.41) is 10.3. The Kier molecular flexibility index (Phi) is 7.32. The van der Waals surface area contributed by atoms with Crippen LogP contribution in [0.1, 0.15) is 19.8 Å². The molecule has 0 spiro atoms. The number of nitrogens with zero attached hydrogens (tertiary/aromatic N) is 2. The minimum absolute atomic E-state index is 0.117. The largest absolute Gasteiger partial charge is 0.494 e. The van der Waals surface area contributed by atoms with Crippen molar-refractivity contribution in [1.29, 1.82) is 0 Å². The number of hydrogen-bond acceptors (Lipinski definition) is 6. The van der Waals surface area contributed by atoms with Crippen molar-refractivity contribution >= 4 is 5.91 Å². The number of benzene rings is 1. The van der Waals surface area contributed by atoms with E-state index >= 15 is 0 Å². The summed E-state index contributed by atoms with van der Waals surface area (Å²) in [7, 11) is 0. The molecule has 0 saturated carbocycles. The molecule has 1 amide bonds. The summed E-state index contributed by atoms with van der Waals surface area (Å²) in [6, 6.07) is 7.39. The summed E-state index contributed by atoms with van der Waals surface area (Å²) < 4.78 is 16.5. The summed E-state index contributed by atoms with van der Waals surface area (Å²) in [5.74, 6) is 1.64. The van der Waals surface area contributed by atoms with Crippen molar-refractivity contribution in [3.8, 4) is 11.5 Å². The van der Waals surface area contributed by atoms with Gasteiger partial charge in [-0.15, -0.1) is 0 Å². The smallest absolute Gasteiger partial charge is 0.251 e. The maximum absolute atomic E-state index is 12.4. The molecule has 150 valence electrons. The number of piperazine rings is 1. The molecule has 2 aliphatic rings. The van der Waals surface area contributed by atoms with E-state index in [1.54, 1.807) is 0 Å². The van der Waals surface area contributed by atoms with Gasteiger partial charge in [-0.25, -0.2) is 0 Å². The molecule has 0 radical (unpaired) electrons. The monoisotopic (exact) mass is 378 g/mol. The molecule has 7 nitrogen and oxygen atoms in total. The standard InChI is InChI=1S/C20H30N2O5/c1-2-25-17-5-7-18(8-6-17)27-15-16(23)14-21-9-11-22(12-10-21)20(24)19-4-3-13-26-19/h5-8,16,19,23H,2-4,9-15H2,1H3. The van der Waals surface area contributed by atoms with Crippen LogP contribution in [0.3, 0.4) is 0 Å². The Hall–Kier alpha value is -1.83. The van der Waals surface area contributed by atoms with Gasteiger partial charge in [-0.3, -0.25) is 9.69 Å². The Labute approximate surface area is 160 Å². The number of carbonyl (C=O) groups is 1. The minimum Gasteiger partial charge on any atom is -0.494 e. The second kappa shape index (κ2) is 9.92.